The summed E-state index contributed by atoms with van der Waals surface area (Å²) in [6.07, 6.45) is 0. The zero-order chi connectivity index (χ0) is 46.5. The summed E-state index contributed by atoms with van der Waals surface area (Å²) >= 11 is 0. The number of carboxylic acid groups (broad SMARTS) is 5. The number of hydrogen-bond acceptors (Lipinski definition) is 25. The third-order valence-corrected chi connectivity index (χ3v) is 6.53. The molecule has 0 spiro atoms. The predicted molar refractivity (Wildman–Crippen MR) is 185 cm³/mol. The molecule has 0 unspecified atom stereocenters. The second kappa shape index (κ2) is 24.6. The first-order valence-electron chi connectivity index (χ1n) is 14.9. The van der Waals surface area contributed by atoms with Gasteiger partial charge in [0.15, 0.2) is 86.2 Å². The maximum Gasteiger partial charge on any atom is 3.00 e. The molecular formula is C35H25MgNdO25. The van der Waals surface area contributed by atoms with Crippen LogP contribution >= 0.6 is 0 Å². The number of phenolic OH excluding ortho intramolecular Hbond substituents is 15. The molecule has 1 radical (unpaired) electrons. The van der Waals surface area contributed by atoms with E-state index in [0.717, 1.165) is 60.7 Å². The molecule has 0 heterocycles. The molecule has 0 amide bonds. The van der Waals surface area contributed by atoms with E-state index >= 15 is 0 Å². The summed E-state index contributed by atoms with van der Waals surface area (Å²) in [6, 6.07) is 7.82. The number of benzene rings is 5. The summed E-state index contributed by atoms with van der Waals surface area (Å²) in [6.45, 7) is 0. The largest absolute Gasteiger partial charge is 3.00 e. The van der Waals surface area contributed by atoms with Gasteiger partial charge in [0.25, 0.3) is 0 Å². The first-order valence-corrected chi connectivity index (χ1v) is 14.9. The Labute approximate surface area is 391 Å². The van der Waals surface area contributed by atoms with E-state index in [1.54, 1.807) is 0 Å². The smallest absolute Gasteiger partial charge is 0.545 e. The molecule has 0 fully saturated rings. The van der Waals surface area contributed by atoms with Crippen molar-refractivity contribution < 1.29 is 167 Å². The van der Waals surface area contributed by atoms with Gasteiger partial charge in [-0.15, -0.1) is 0 Å². The summed E-state index contributed by atoms with van der Waals surface area (Å²) in [7, 11) is 0. The third kappa shape index (κ3) is 16.3. The molecule has 0 bridgehead atoms. The molecule has 0 aliphatic rings. The number of phenols is 15. The van der Waals surface area contributed by atoms with E-state index in [9.17, 15) is 49.5 Å². The van der Waals surface area contributed by atoms with Crippen LogP contribution in [0.4, 0.5) is 0 Å². The Hall–Kier alpha value is -7.43. The molecule has 27 heteroatoms. The molecule has 5 rings (SSSR count). The van der Waals surface area contributed by atoms with Crippen LogP contribution in [0.3, 0.4) is 0 Å². The molecule has 0 saturated heterocycles. The Kier molecular flexibility index (Phi) is 22.5. The zero-order valence-corrected chi connectivity index (χ0v) is 34.9. The maximum atomic E-state index is 10.2. The minimum absolute atomic E-state index is 0. The van der Waals surface area contributed by atoms with Gasteiger partial charge in [0, 0.05) is 27.8 Å². The molecule has 15 N–H and O–H groups in total. The summed E-state index contributed by atoms with van der Waals surface area (Å²) in [5.74, 6) is -18.5. The summed E-state index contributed by atoms with van der Waals surface area (Å²) in [4.78, 5) is 51.0. The minimum Gasteiger partial charge on any atom is -0.545 e. The van der Waals surface area contributed by atoms with Crippen LogP contribution in [0.25, 0.3) is 0 Å². The van der Waals surface area contributed by atoms with Crippen molar-refractivity contribution in [2.24, 2.45) is 0 Å². The molecule has 25 nitrogen and oxygen atoms in total. The normalized spacial score (nSPS) is 9.35. The fraction of sp³-hybridized carbons (Fsp3) is 0. The number of carboxylic acids is 5. The Balaban J connectivity index is 0. The Bertz CT molecular complexity index is 1940. The Morgan fingerprint density at radius 3 is 0.403 bits per heavy atom. The number of rotatable bonds is 5. The SMILES string of the molecule is O=C([O-])c1cc(O)c(O)c(O)c1.O=C([O-])c1cc(O)c(O)c(O)c1.O=C([O-])c1cc(O)c(O)c(O)c1.O=C([O-])c1cc(O)c(O)c(O)c1.O=C([O-])c1cc(O)c(O)c(O)c1.[Mg+2].[Nd+3]. The molecule has 0 aromatic heterocycles. The predicted octanol–water partition coefficient (Wildman–Crippen LogP) is -4.55. The molecule has 321 valence electrons. The van der Waals surface area contributed by atoms with Gasteiger partial charge >= 0.3 is 63.9 Å². The molecule has 0 atom stereocenters. The standard InChI is InChI=1S/5C7H6O5.Mg.Nd/c5*8-4-1-3(7(11)12)2-5(9)6(4)10;;/h5*1-2,8-10H,(H,11,12);;/q;;;;;+2;+3/p-5. The summed E-state index contributed by atoms with van der Waals surface area (Å²) in [5.41, 5.74) is -2.00. The average Bonchev–Trinajstić information content (AvgIpc) is 3.15. The fourth-order valence-corrected chi connectivity index (χ4v) is 3.61. The van der Waals surface area contributed by atoms with Gasteiger partial charge in [0.1, 0.15) is 0 Å². The van der Waals surface area contributed by atoms with E-state index in [1.807, 2.05) is 0 Å². The fourth-order valence-electron chi connectivity index (χ4n) is 3.61. The molecular weight excluding hydrogens is 989 g/mol. The van der Waals surface area contributed by atoms with Crippen LogP contribution in [0.15, 0.2) is 60.7 Å². The van der Waals surface area contributed by atoms with Crippen molar-refractivity contribution in [3.8, 4) is 86.2 Å². The zero-order valence-electron chi connectivity index (χ0n) is 30.3. The second-order valence-corrected chi connectivity index (χ2v) is 10.8. The molecule has 0 aliphatic carbocycles. The molecule has 5 aromatic carbocycles. The average molecular weight is 1010 g/mol. The number of aromatic hydroxyl groups is 15. The van der Waals surface area contributed by atoms with Crippen LogP contribution in [0, 0.1) is 40.8 Å². The Morgan fingerprint density at radius 1 is 0.258 bits per heavy atom. The third-order valence-electron chi connectivity index (χ3n) is 6.53. The molecule has 5 aromatic rings. The molecule has 0 saturated carbocycles. The van der Waals surface area contributed by atoms with E-state index in [-0.39, 0.29) is 63.9 Å². The monoisotopic (exact) mass is 1010 g/mol. The van der Waals surface area contributed by atoms with Crippen molar-refractivity contribution >= 4 is 52.9 Å². The topological polar surface area (TPSA) is 504 Å². The van der Waals surface area contributed by atoms with Gasteiger partial charge in [-0.2, -0.15) is 0 Å². The molecule has 0 aliphatic heterocycles. The van der Waals surface area contributed by atoms with Gasteiger partial charge in [0.05, 0.1) is 29.8 Å². The van der Waals surface area contributed by atoms with Crippen LogP contribution in [0.5, 0.6) is 86.2 Å². The van der Waals surface area contributed by atoms with E-state index in [4.69, 9.17) is 76.6 Å². The van der Waals surface area contributed by atoms with Gasteiger partial charge in [-0.25, -0.2) is 0 Å². The van der Waals surface area contributed by atoms with E-state index in [1.165, 1.54) is 0 Å². The van der Waals surface area contributed by atoms with Crippen molar-refractivity contribution in [1.29, 1.82) is 0 Å². The minimum atomic E-state index is -1.54. The van der Waals surface area contributed by atoms with Crippen LogP contribution in [0.1, 0.15) is 51.8 Å². The second-order valence-electron chi connectivity index (χ2n) is 10.8. The first-order chi connectivity index (χ1) is 27.6. The maximum absolute atomic E-state index is 10.2. The number of carbonyl (C=O) groups is 5. The molecule has 62 heavy (non-hydrogen) atoms. The van der Waals surface area contributed by atoms with Crippen LogP contribution in [-0.2, 0) is 0 Å². The van der Waals surface area contributed by atoms with Crippen molar-refractivity contribution in [2.75, 3.05) is 0 Å². The van der Waals surface area contributed by atoms with Crippen molar-refractivity contribution in [1.82, 2.24) is 0 Å². The first kappa shape index (κ1) is 56.7. The van der Waals surface area contributed by atoms with Crippen LogP contribution < -0.4 is 25.5 Å². The van der Waals surface area contributed by atoms with Gasteiger partial charge < -0.3 is 126 Å². The van der Waals surface area contributed by atoms with Gasteiger partial charge in [-0.05, 0) is 60.7 Å². The van der Waals surface area contributed by atoms with E-state index < -0.39 is 144 Å². The van der Waals surface area contributed by atoms with Crippen molar-refractivity contribution in [2.45, 2.75) is 0 Å². The van der Waals surface area contributed by atoms with Gasteiger partial charge in [0.2, 0.25) is 0 Å². The van der Waals surface area contributed by atoms with Gasteiger partial charge in [-0.3, -0.25) is 0 Å². The van der Waals surface area contributed by atoms with E-state index in [0.29, 0.717) is 0 Å². The number of carbonyl (C=O) groups excluding carboxylic acids is 5. The number of aromatic carboxylic acids is 5. The Morgan fingerprint density at radius 2 is 0.339 bits per heavy atom. The van der Waals surface area contributed by atoms with Crippen molar-refractivity contribution in [3.63, 3.8) is 0 Å². The summed E-state index contributed by atoms with van der Waals surface area (Å²) < 4.78 is 0. The number of hydrogen-bond donors (Lipinski definition) is 15. The van der Waals surface area contributed by atoms with E-state index in [2.05, 4.69) is 0 Å². The van der Waals surface area contributed by atoms with Crippen LogP contribution in [-0.4, -0.2) is 129 Å². The van der Waals surface area contributed by atoms with Gasteiger partial charge in [-0.1, -0.05) is 0 Å². The summed E-state index contributed by atoms with van der Waals surface area (Å²) in [5, 5.41) is 183. The quantitative estimate of drug-likeness (QED) is 0.0582. The van der Waals surface area contributed by atoms with Crippen molar-refractivity contribution in [3.05, 3.63) is 88.5 Å². The van der Waals surface area contributed by atoms with Crippen LogP contribution in [0.2, 0.25) is 0 Å².